The Morgan fingerprint density at radius 3 is 2.72 bits per heavy atom. The van der Waals surface area contributed by atoms with Gasteiger partial charge >= 0.3 is 5.97 Å². The number of fused-ring (bicyclic) bond motifs is 1. The van der Waals surface area contributed by atoms with Crippen LogP contribution in [0, 0.1) is 6.92 Å². The highest BCUT2D eigenvalue weighted by molar-refractivity contribution is 6.29. The summed E-state index contributed by atoms with van der Waals surface area (Å²) in [5, 5.41) is 0.182. The van der Waals surface area contributed by atoms with Gasteiger partial charge < -0.3 is 13.7 Å². The Hall–Kier alpha value is -2.01. The zero-order valence-electron chi connectivity index (χ0n) is 14.7. The van der Waals surface area contributed by atoms with Gasteiger partial charge in [-0.3, -0.25) is 9.59 Å². The Bertz CT molecular complexity index is 802. The number of hydrogen-bond donors (Lipinski definition) is 0. The van der Waals surface area contributed by atoms with Crippen molar-refractivity contribution in [2.24, 2.45) is 0 Å². The van der Waals surface area contributed by atoms with Crippen molar-refractivity contribution < 1.29 is 18.7 Å². The van der Waals surface area contributed by atoms with E-state index in [4.69, 9.17) is 20.8 Å². The van der Waals surface area contributed by atoms with Gasteiger partial charge in [0.2, 0.25) is 5.78 Å². The Balaban J connectivity index is 2.02. The van der Waals surface area contributed by atoms with Gasteiger partial charge in [0.1, 0.15) is 0 Å². The van der Waals surface area contributed by atoms with E-state index in [1.54, 1.807) is 12.1 Å². The maximum absolute atomic E-state index is 12.9. The fourth-order valence-corrected chi connectivity index (χ4v) is 3.56. The van der Waals surface area contributed by atoms with Crippen molar-refractivity contribution in [1.82, 2.24) is 4.57 Å². The van der Waals surface area contributed by atoms with Gasteiger partial charge in [0.15, 0.2) is 11.0 Å². The van der Waals surface area contributed by atoms with Gasteiger partial charge in [-0.2, -0.15) is 0 Å². The summed E-state index contributed by atoms with van der Waals surface area (Å²) in [6.45, 7) is 6.26. The molecule has 0 amide bonds. The van der Waals surface area contributed by atoms with Gasteiger partial charge in [-0.05, 0) is 69.0 Å². The van der Waals surface area contributed by atoms with Crippen molar-refractivity contribution in [2.45, 2.75) is 58.6 Å². The quantitative estimate of drug-likeness (QED) is 0.593. The SMILES string of the molecule is Cc1cc2n(c1C(=O)c1ccc(Cl)o1)CCCCC2C(=O)OC(C)C. The average molecular weight is 364 g/mol. The van der Waals surface area contributed by atoms with Crippen LogP contribution in [0.3, 0.4) is 0 Å². The summed E-state index contributed by atoms with van der Waals surface area (Å²) in [6, 6.07) is 5.06. The Kier molecular flexibility index (Phi) is 5.04. The van der Waals surface area contributed by atoms with Gasteiger partial charge in [-0.1, -0.05) is 6.42 Å². The van der Waals surface area contributed by atoms with Crippen LogP contribution in [0.1, 0.15) is 66.5 Å². The molecule has 3 heterocycles. The number of aryl methyl sites for hydroxylation is 1. The van der Waals surface area contributed by atoms with Crippen LogP contribution in [0.2, 0.25) is 5.22 Å². The lowest BCUT2D eigenvalue weighted by atomic mass is 9.99. The first-order valence-corrected chi connectivity index (χ1v) is 8.97. The molecule has 0 N–H and O–H groups in total. The van der Waals surface area contributed by atoms with Crippen molar-refractivity contribution in [3.05, 3.63) is 46.1 Å². The third kappa shape index (κ3) is 3.52. The van der Waals surface area contributed by atoms with Crippen LogP contribution in [0.15, 0.2) is 22.6 Å². The predicted molar refractivity (Wildman–Crippen MR) is 94.1 cm³/mol. The molecule has 25 heavy (non-hydrogen) atoms. The summed E-state index contributed by atoms with van der Waals surface area (Å²) < 4.78 is 12.7. The van der Waals surface area contributed by atoms with Crippen molar-refractivity contribution in [3.63, 3.8) is 0 Å². The fourth-order valence-electron chi connectivity index (χ4n) is 3.41. The second-order valence-corrected chi connectivity index (χ2v) is 7.09. The van der Waals surface area contributed by atoms with Crippen LogP contribution in [-0.2, 0) is 16.1 Å². The molecule has 2 aromatic heterocycles. The number of aromatic nitrogens is 1. The summed E-state index contributed by atoms with van der Waals surface area (Å²) in [4.78, 5) is 25.4. The van der Waals surface area contributed by atoms with E-state index < -0.39 is 0 Å². The monoisotopic (exact) mass is 363 g/mol. The standard InChI is InChI=1S/C19H22ClNO4/c1-11(2)24-19(23)13-6-4-5-9-21-14(13)10-12(3)17(21)18(22)15-7-8-16(20)25-15/h7-8,10-11,13H,4-6,9H2,1-3H3. The molecular weight excluding hydrogens is 342 g/mol. The highest BCUT2D eigenvalue weighted by Gasteiger charge is 2.32. The number of halogens is 1. The molecule has 0 bridgehead atoms. The molecule has 1 aliphatic rings. The van der Waals surface area contributed by atoms with E-state index in [9.17, 15) is 9.59 Å². The number of hydrogen-bond acceptors (Lipinski definition) is 4. The van der Waals surface area contributed by atoms with E-state index in [-0.39, 0.29) is 34.8 Å². The smallest absolute Gasteiger partial charge is 0.315 e. The van der Waals surface area contributed by atoms with Crippen LogP contribution < -0.4 is 0 Å². The maximum atomic E-state index is 12.9. The Labute approximate surface area is 151 Å². The molecule has 0 radical (unpaired) electrons. The second kappa shape index (κ2) is 7.08. The minimum atomic E-state index is -0.342. The van der Waals surface area contributed by atoms with Crippen LogP contribution in [0.25, 0.3) is 0 Å². The number of nitrogens with zero attached hydrogens (tertiary/aromatic N) is 1. The number of ether oxygens (including phenoxy) is 1. The molecule has 2 aromatic rings. The van der Waals surface area contributed by atoms with Crippen LogP contribution in [0.5, 0.6) is 0 Å². The van der Waals surface area contributed by atoms with E-state index in [0.717, 1.165) is 30.5 Å². The molecule has 6 heteroatoms. The van der Waals surface area contributed by atoms with E-state index >= 15 is 0 Å². The van der Waals surface area contributed by atoms with Gasteiger partial charge in [-0.15, -0.1) is 0 Å². The van der Waals surface area contributed by atoms with Gasteiger partial charge in [-0.25, -0.2) is 0 Å². The lowest BCUT2D eigenvalue weighted by molar-refractivity contribution is -0.149. The summed E-state index contributed by atoms with van der Waals surface area (Å²) in [5.41, 5.74) is 2.24. The predicted octanol–water partition coefficient (Wildman–Crippen LogP) is 4.49. The number of furan rings is 1. The highest BCUT2D eigenvalue weighted by Crippen LogP contribution is 2.33. The Morgan fingerprint density at radius 1 is 1.32 bits per heavy atom. The summed E-state index contributed by atoms with van der Waals surface area (Å²) in [6.07, 6.45) is 2.39. The average Bonchev–Trinajstić information content (AvgIpc) is 3.03. The molecule has 0 saturated carbocycles. The van der Waals surface area contributed by atoms with Crippen molar-refractivity contribution in [3.8, 4) is 0 Å². The second-order valence-electron chi connectivity index (χ2n) is 6.72. The minimum Gasteiger partial charge on any atom is -0.462 e. The van der Waals surface area contributed by atoms with Gasteiger partial charge in [0.05, 0.1) is 17.7 Å². The molecule has 1 atom stereocenters. The lowest BCUT2D eigenvalue weighted by Gasteiger charge is -2.17. The van der Waals surface area contributed by atoms with Crippen LogP contribution >= 0.6 is 11.6 Å². The molecule has 0 fully saturated rings. The van der Waals surface area contributed by atoms with E-state index in [1.807, 2.05) is 31.4 Å². The first-order valence-electron chi connectivity index (χ1n) is 8.59. The molecule has 0 saturated heterocycles. The summed E-state index contributed by atoms with van der Waals surface area (Å²) >= 11 is 5.80. The lowest BCUT2D eigenvalue weighted by Crippen LogP contribution is -2.21. The molecule has 3 rings (SSSR count). The van der Waals surface area contributed by atoms with Crippen molar-refractivity contribution in [1.29, 1.82) is 0 Å². The van der Waals surface area contributed by atoms with Crippen molar-refractivity contribution in [2.75, 3.05) is 0 Å². The normalized spacial score (nSPS) is 17.2. The number of carbonyl (C=O) groups excluding carboxylic acids is 2. The van der Waals surface area contributed by atoms with Gasteiger partial charge in [0.25, 0.3) is 0 Å². The van der Waals surface area contributed by atoms with Crippen molar-refractivity contribution >= 4 is 23.4 Å². The number of ketones is 1. The first kappa shape index (κ1) is 17.8. The van der Waals surface area contributed by atoms with E-state index in [1.165, 1.54) is 0 Å². The summed E-state index contributed by atoms with van der Waals surface area (Å²) in [5.74, 6) is -0.575. The third-order valence-electron chi connectivity index (χ3n) is 4.45. The molecule has 0 spiro atoms. The number of rotatable bonds is 4. The van der Waals surface area contributed by atoms with E-state index in [0.29, 0.717) is 12.2 Å². The summed E-state index contributed by atoms with van der Waals surface area (Å²) in [7, 11) is 0. The van der Waals surface area contributed by atoms with E-state index in [2.05, 4.69) is 0 Å². The number of carbonyl (C=O) groups is 2. The molecule has 0 aromatic carbocycles. The zero-order valence-corrected chi connectivity index (χ0v) is 15.4. The third-order valence-corrected chi connectivity index (χ3v) is 4.65. The molecule has 5 nitrogen and oxygen atoms in total. The van der Waals surface area contributed by atoms with Crippen LogP contribution in [-0.4, -0.2) is 22.4 Å². The van der Waals surface area contributed by atoms with Crippen LogP contribution in [0.4, 0.5) is 0 Å². The number of esters is 1. The maximum Gasteiger partial charge on any atom is 0.315 e. The molecule has 0 aliphatic carbocycles. The minimum absolute atomic E-state index is 0.161. The molecular formula is C19H22ClNO4. The zero-order chi connectivity index (χ0) is 18.1. The molecule has 1 aliphatic heterocycles. The Morgan fingerprint density at radius 2 is 2.08 bits per heavy atom. The first-order chi connectivity index (χ1) is 11.9. The van der Waals surface area contributed by atoms with Gasteiger partial charge in [0, 0.05) is 12.2 Å². The largest absolute Gasteiger partial charge is 0.462 e. The molecule has 1 unspecified atom stereocenters. The topological polar surface area (TPSA) is 61.4 Å². The molecule has 134 valence electrons. The fraction of sp³-hybridized carbons (Fsp3) is 0.474. The highest BCUT2D eigenvalue weighted by atomic mass is 35.5.